The number of aliphatic carboxylic acids is 1. The first-order valence-corrected chi connectivity index (χ1v) is 12.2. The van der Waals surface area contributed by atoms with Gasteiger partial charge >= 0.3 is 5.97 Å². The number of carboxylic acids is 1. The van der Waals surface area contributed by atoms with Crippen LogP contribution >= 0.6 is 11.6 Å². The van der Waals surface area contributed by atoms with Crippen LogP contribution in [0.2, 0.25) is 5.02 Å². The average Bonchev–Trinajstić information content (AvgIpc) is 2.82. The number of H-pyrrole nitrogens is 1. The summed E-state index contributed by atoms with van der Waals surface area (Å²) in [6, 6.07) is 7.20. The van der Waals surface area contributed by atoms with Crippen molar-refractivity contribution in [3.05, 3.63) is 50.9 Å². The van der Waals surface area contributed by atoms with Gasteiger partial charge in [-0.25, -0.2) is 4.98 Å². The van der Waals surface area contributed by atoms with Crippen molar-refractivity contribution in [2.45, 2.75) is 64.3 Å². The Morgan fingerprint density at radius 2 is 1.82 bits per heavy atom. The first-order chi connectivity index (χ1) is 15.9. The van der Waals surface area contributed by atoms with Crippen molar-refractivity contribution in [3.8, 4) is 11.4 Å². The smallest absolute Gasteiger partial charge is 0.306 e. The summed E-state index contributed by atoms with van der Waals surface area (Å²) < 4.78 is 0. The fourth-order valence-electron chi connectivity index (χ4n) is 5.05. The van der Waals surface area contributed by atoms with E-state index in [1.807, 2.05) is 12.1 Å². The highest BCUT2D eigenvalue weighted by Crippen LogP contribution is 2.35. The number of carbonyl (C=O) groups is 2. The number of hydrogen-bond acceptors (Lipinski definition) is 4. The number of halogens is 1. The number of rotatable bonds is 6. The van der Waals surface area contributed by atoms with E-state index < -0.39 is 5.97 Å². The Kier molecular flexibility index (Phi) is 7.17. The van der Waals surface area contributed by atoms with Crippen LogP contribution in [0, 0.1) is 11.8 Å². The molecule has 0 saturated heterocycles. The minimum atomic E-state index is -0.776. The molecule has 1 amide bonds. The van der Waals surface area contributed by atoms with Crippen LogP contribution in [-0.4, -0.2) is 38.4 Å². The van der Waals surface area contributed by atoms with E-state index >= 15 is 0 Å². The maximum absolute atomic E-state index is 13.3. The van der Waals surface area contributed by atoms with Gasteiger partial charge < -0.3 is 15.0 Å². The summed E-state index contributed by atoms with van der Waals surface area (Å²) in [5, 5.41) is 9.86. The van der Waals surface area contributed by atoms with E-state index in [0.717, 1.165) is 30.5 Å². The molecule has 1 atom stereocenters. The molecule has 33 heavy (non-hydrogen) atoms. The lowest BCUT2D eigenvalue weighted by Gasteiger charge is -2.37. The monoisotopic (exact) mass is 471 g/mol. The van der Waals surface area contributed by atoms with Gasteiger partial charge in [-0.3, -0.25) is 14.4 Å². The van der Waals surface area contributed by atoms with E-state index in [4.69, 9.17) is 16.6 Å². The number of carboxylic acid groups (broad SMARTS) is 1. The highest BCUT2D eigenvalue weighted by Gasteiger charge is 2.36. The van der Waals surface area contributed by atoms with E-state index in [2.05, 4.69) is 11.9 Å². The summed E-state index contributed by atoms with van der Waals surface area (Å²) >= 11 is 6.00. The van der Waals surface area contributed by atoms with Gasteiger partial charge in [0.05, 0.1) is 23.7 Å². The second-order valence-corrected chi connectivity index (χ2v) is 9.67. The summed E-state index contributed by atoms with van der Waals surface area (Å²) in [6.07, 6.45) is 5.10. The van der Waals surface area contributed by atoms with Crippen molar-refractivity contribution in [1.29, 1.82) is 0 Å². The van der Waals surface area contributed by atoms with Crippen LogP contribution in [0.1, 0.15) is 69.0 Å². The lowest BCUT2D eigenvalue weighted by molar-refractivity contribution is -0.146. The third-order valence-electron chi connectivity index (χ3n) is 6.99. The van der Waals surface area contributed by atoms with Crippen LogP contribution in [0.4, 0.5) is 0 Å². The van der Waals surface area contributed by atoms with Crippen molar-refractivity contribution in [2.75, 3.05) is 6.54 Å². The zero-order valence-corrected chi connectivity index (χ0v) is 19.6. The summed E-state index contributed by atoms with van der Waals surface area (Å²) in [7, 11) is 0. The van der Waals surface area contributed by atoms with Crippen molar-refractivity contribution < 1.29 is 14.7 Å². The molecule has 1 aromatic heterocycles. The highest BCUT2D eigenvalue weighted by molar-refractivity contribution is 6.30. The zero-order chi connectivity index (χ0) is 23.5. The first-order valence-electron chi connectivity index (χ1n) is 11.8. The molecule has 1 fully saturated rings. The number of amides is 1. The maximum atomic E-state index is 13.3. The number of benzene rings is 1. The summed E-state index contributed by atoms with van der Waals surface area (Å²) in [5.74, 6) is -0.750. The lowest BCUT2D eigenvalue weighted by Crippen LogP contribution is -2.45. The molecular weight excluding hydrogens is 442 g/mol. The third-order valence-corrected chi connectivity index (χ3v) is 7.24. The van der Waals surface area contributed by atoms with Crippen LogP contribution in [0.3, 0.4) is 0 Å². The number of unbranched alkanes of at least 4 members (excludes halogenated alkanes) is 1. The highest BCUT2D eigenvalue weighted by atomic mass is 35.5. The Morgan fingerprint density at radius 3 is 2.45 bits per heavy atom. The molecule has 2 heterocycles. The number of carbonyl (C=O) groups excluding carboxylic acids is 1. The number of nitrogens with zero attached hydrogens (tertiary/aromatic N) is 2. The van der Waals surface area contributed by atoms with Crippen LogP contribution in [0.5, 0.6) is 0 Å². The van der Waals surface area contributed by atoms with E-state index in [1.165, 1.54) is 0 Å². The topological polar surface area (TPSA) is 103 Å². The predicted octanol–water partition coefficient (Wildman–Crippen LogP) is 4.60. The van der Waals surface area contributed by atoms with Gasteiger partial charge in [0.1, 0.15) is 5.82 Å². The third kappa shape index (κ3) is 5.13. The normalized spacial score (nSPS) is 22.6. The van der Waals surface area contributed by atoms with Gasteiger partial charge in [0.25, 0.3) is 5.56 Å². The molecule has 2 N–H and O–H groups in total. The molecule has 0 spiro atoms. The Bertz CT molecular complexity index is 1070. The van der Waals surface area contributed by atoms with E-state index in [9.17, 15) is 19.5 Å². The second-order valence-electron chi connectivity index (χ2n) is 9.23. The van der Waals surface area contributed by atoms with Crippen LogP contribution in [0.25, 0.3) is 11.4 Å². The Balaban J connectivity index is 1.60. The SMILES string of the molecule is CCCCC1CN(C(=O)[C@H]2CC[C@H](C(=O)O)CC2)Cc2c1nc(-c1ccc(Cl)cc1)[nH]c2=O. The van der Waals surface area contributed by atoms with Crippen molar-refractivity contribution in [1.82, 2.24) is 14.9 Å². The predicted molar refractivity (Wildman–Crippen MR) is 126 cm³/mol. The number of nitrogens with one attached hydrogen (secondary N) is 1. The van der Waals surface area contributed by atoms with Crippen molar-refractivity contribution >= 4 is 23.5 Å². The Labute approximate surface area is 198 Å². The lowest BCUT2D eigenvalue weighted by atomic mass is 9.80. The molecule has 1 aliphatic carbocycles. The molecule has 2 aromatic rings. The fourth-order valence-corrected chi connectivity index (χ4v) is 5.18. The minimum absolute atomic E-state index is 0.00126. The molecule has 1 aromatic carbocycles. The van der Waals surface area contributed by atoms with Crippen molar-refractivity contribution in [3.63, 3.8) is 0 Å². The number of aromatic nitrogens is 2. The summed E-state index contributed by atoms with van der Waals surface area (Å²) in [4.78, 5) is 47.2. The molecule has 176 valence electrons. The average molecular weight is 472 g/mol. The van der Waals surface area contributed by atoms with E-state index in [-0.39, 0.29) is 35.8 Å². The molecule has 0 bridgehead atoms. The number of aromatic amines is 1. The number of hydrogen-bond donors (Lipinski definition) is 2. The molecular formula is C25H30ClN3O4. The molecule has 4 rings (SSSR count). The summed E-state index contributed by atoms with van der Waals surface area (Å²) in [5.41, 5.74) is 1.93. The molecule has 7 nitrogen and oxygen atoms in total. The van der Waals surface area contributed by atoms with Crippen LogP contribution < -0.4 is 5.56 Å². The summed E-state index contributed by atoms with van der Waals surface area (Å²) in [6.45, 7) is 2.91. The van der Waals surface area contributed by atoms with Gasteiger partial charge in [0, 0.05) is 29.0 Å². The van der Waals surface area contributed by atoms with Gasteiger partial charge in [0.15, 0.2) is 0 Å². The molecule has 0 radical (unpaired) electrons. The number of fused-ring (bicyclic) bond motifs is 1. The Morgan fingerprint density at radius 1 is 1.15 bits per heavy atom. The molecule has 2 aliphatic rings. The van der Waals surface area contributed by atoms with Crippen molar-refractivity contribution in [2.24, 2.45) is 11.8 Å². The van der Waals surface area contributed by atoms with Gasteiger partial charge in [-0.1, -0.05) is 31.4 Å². The minimum Gasteiger partial charge on any atom is -0.481 e. The second kappa shape index (κ2) is 10.1. The zero-order valence-electron chi connectivity index (χ0n) is 18.8. The standard InChI is InChI=1S/C25H30ClN3O4/c1-2-3-4-18-13-29(24(31)16-5-7-17(8-6-16)25(32)33)14-20-21(18)27-22(28-23(20)30)15-9-11-19(26)12-10-15/h9-12,16-18H,2-8,13-14H2,1H3,(H,32,33)(H,27,28,30)/t16-,17-,18?. The quantitative estimate of drug-likeness (QED) is 0.640. The van der Waals surface area contributed by atoms with Crippen LogP contribution in [0.15, 0.2) is 29.1 Å². The largest absolute Gasteiger partial charge is 0.481 e. The van der Waals surface area contributed by atoms with Gasteiger partial charge in [0.2, 0.25) is 5.91 Å². The molecule has 1 aliphatic heterocycles. The van der Waals surface area contributed by atoms with E-state index in [0.29, 0.717) is 48.6 Å². The molecule has 8 heteroatoms. The van der Waals surface area contributed by atoms with Crippen LogP contribution in [-0.2, 0) is 16.1 Å². The fraction of sp³-hybridized carbons (Fsp3) is 0.520. The van der Waals surface area contributed by atoms with Gasteiger partial charge in [-0.15, -0.1) is 0 Å². The molecule has 1 saturated carbocycles. The first kappa shape index (κ1) is 23.5. The maximum Gasteiger partial charge on any atom is 0.306 e. The van der Waals surface area contributed by atoms with E-state index in [1.54, 1.807) is 17.0 Å². The van der Waals surface area contributed by atoms with Gasteiger partial charge in [-0.2, -0.15) is 0 Å². The Hall–Kier alpha value is -2.67. The van der Waals surface area contributed by atoms with Gasteiger partial charge in [-0.05, 0) is 56.4 Å². The molecule has 1 unspecified atom stereocenters.